The summed E-state index contributed by atoms with van der Waals surface area (Å²) in [4.78, 5) is 0. The smallest absolute Gasteiger partial charge is 0.0701 e. The molecule has 0 amide bonds. The van der Waals surface area contributed by atoms with E-state index in [0.717, 1.165) is 0 Å². The van der Waals surface area contributed by atoms with E-state index in [1.54, 1.807) is 7.11 Å². The molecule has 0 heterocycles. The third-order valence-electron chi connectivity index (χ3n) is 1.16. The van der Waals surface area contributed by atoms with Crippen molar-refractivity contribution in [2.24, 2.45) is 0 Å². The second-order valence-corrected chi connectivity index (χ2v) is 2.13. The van der Waals surface area contributed by atoms with Crippen LogP contribution in [0.2, 0.25) is 0 Å². The minimum Gasteiger partial charge on any atom is -0.382 e. The van der Waals surface area contributed by atoms with Crippen LogP contribution in [0.5, 0.6) is 0 Å². The highest BCUT2D eigenvalue weighted by atomic mass is 16.5. The lowest BCUT2D eigenvalue weighted by Gasteiger charge is -2.04. The molecule has 2 N–H and O–H groups in total. The molecule has 74 valence electrons. The fourth-order valence-corrected chi connectivity index (χ4v) is 0.582. The van der Waals surface area contributed by atoms with Crippen LogP contribution in [0.25, 0.3) is 0 Å². The maximum Gasteiger partial charge on any atom is 0.0701 e. The molecular weight excluding hydrogens is 162 g/mol. The van der Waals surface area contributed by atoms with Crippen molar-refractivity contribution in [1.82, 2.24) is 5.48 Å². The zero-order valence-corrected chi connectivity index (χ0v) is 7.41. The molecule has 0 saturated carbocycles. The first-order chi connectivity index (χ1) is 5.91. The standard InChI is InChI=1S/C7H17NO4/c1-10-4-5-12-7-6-11-3-2-8-9/h8-9H,2-7H2,1H3. The van der Waals surface area contributed by atoms with E-state index in [9.17, 15) is 0 Å². The summed E-state index contributed by atoms with van der Waals surface area (Å²) in [6.45, 7) is 3.25. The van der Waals surface area contributed by atoms with E-state index in [0.29, 0.717) is 39.6 Å². The largest absolute Gasteiger partial charge is 0.382 e. The van der Waals surface area contributed by atoms with Gasteiger partial charge in [0.2, 0.25) is 0 Å². The molecule has 0 aliphatic rings. The monoisotopic (exact) mass is 179 g/mol. The molecule has 0 rings (SSSR count). The van der Waals surface area contributed by atoms with Crippen molar-refractivity contribution in [3.63, 3.8) is 0 Å². The summed E-state index contributed by atoms with van der Waals surface area (Å²) < 4.78 is 15.0. The van der Waals surface area contributed by atoms with Gasteiger partial charge in [0.05, 0.1) is 33.0 Å². The Morgan fingerprint density at radius 3 is 2.17 bits per heavy atom. The molecule has 0 aromatic rings. The average Bonchev–Trinajstić information content (AvgIpc) is 2.10. The lowest BCUT2D eigenvalue weighted by atomic mass is 10.7. The maximum absolute atomic E-state index is 8.16. The van der Waals surface area contributed by atoms with Crippen molar-refractivity contribution < 1.29 is 19.4 Å². The summed E-state index contributed by atoms with van der Waals surface area (Å²) in [5.41, 5.74) is 1.99. The molecule has 0 saturated heterocycles. The Hall–Kier alpha value is -0.200. The highest BCUT2D eigenvalue weighted by Crippen LogP contribution is 1.78. The second kappa shape index (κ2) is 10.8. The number of rotatable bonds is 9. The van der Waals surface area contributed by atoms with Gasteiger partial charge in [-0.3, -0.25) is 0 Å². The summed E-state index contributed by atoms with van der Waals surface area (Å²) in [7, 11) is 1.63. The number of nitrogens with one attached hydrogen (secondary N) is 1. The van der Waals surface area contributed by atoms with Crippen LogP contribution in [-0.4, -0.2) is 51.9 Å². The van der Waals surface area contributed by atoms with E-state index in [-0.39, 0.29) is 0 Å². The molecule has 0 spiro atoms. The Labute approximate surface area is 72.6 Å². The lowest BCUT2D eigenvalue weighted by molar-refractivity contribution is 0.0190. The second-order valence-electron chi connectivity index (χ2n) is 2.13. The molecule has 0 unspecified atom stereocenters. The Kier molecular flexibility index (Phi) is 10.6. The highest BCUT2D eigenvalue weighted by Gasteiger charge is 1.88. The van der Waals surface area contributed by atoms with Gasteiger partial charge in [0.25, 0.3) is 0 Å². The molecule has 5 nitrogen and oxygen atoms in total. The molecule has 0 radical (unpaired) electrons. The number of hydrogen-bond acceptors (Lipinski definition) is 5. The van der Waals surface area contributed by atoms with Crippen LogP contribution < -0.4 is 5.48 Å². The number of hydrogen-bond donors (Lipinski definition) is 2. The van der Waals surface area contributed by atoms with Crippen molar-refractivity contribution in [3.8, 4) is 0 Å². The molecular formula is C7H17NO4. The van der Waals surface area contributed by atoms with Crippen LogP contribution in [0.3, 0.4) is 0 Å². The van der Waals surface area contributed by atoms with Crippen molar-refractivity contribution in [3.05, 3.63) is 0 Å². The van der Waals surface area contributed by atoms with E-state index in [1.165, 1.54) is 0 Å². The fourth-order valence-electron chi connectivity index (χ4n) is 0.582. The molecule has 12 heavy (non-hydrogen) atoms. The molecule has 0 aliphatic carbocycles. The van der Waals surface area contributed by atoms with Gasteiger partial charge in [-0.1, -0.05) is 0 Å². The summed E-state index contributed by atoms with van der Waals surface area (Å²) >= 11 is 0. The molecule has 5 heteroatoms. The SMILES string of the molecule is COCCOCCOCCNO. The Morgan fingerprint density at radius 1 is 1.00 bits per heavy atom. The zero-order valence-electron chi connectivity index (χ0n) is 7.41. The van der Waals surface area contributed by atoms with Gasteiger partial charge >= 0.3 is 0 Å². The molecule has 0 aromatic carbocycles. The van der Waals surface area contributed by atoms with Gasteiger partial charge in [0.1, 0.15) is 0 Å². The molecule has 0 aromatic heterocycles. The number of ether oxygens (including phenoxy) is 3. The van der Waals surface area contributed by atoms with E-state index in [1.807, 2.05) is 5.48 Å². The van der Waals surface area contributed by atoms with Crippen molar-refractivity contribution in [2.45, 2.75) is 0 Å². The summed E-state index contributed by atoms with van der Waals surface area (Å²) in [5, 5.41) is 8.16. The van der Waals surface area contributed by atoms with Crippen LogP contribution >= 0.6 is 0 Å². The van der Waals surface area contributed by atoms with Gasteiger partial charge < -0.3 is 19.4 Å². The number of hydroxylamine groups is 1. The Bertz CT molecular complexity index is 71.8. The fraction of sp³-hybridized carbons (Fsp3) is 1.00. The summed E-state index contributed by atoms with van der Waals surface area (Å²) in [6, 6.07) is 0. The van der Waals surface area contributed by atoms with Gasteiger partial charge in [-0.05, 0) is 0 Å². The minimum atomic E-state index is 0.443. The van der Waals surface area contributed by atoms with E-state index in [2.05, 4.69) is 0 Å². The van der Waals surface area contributed by atoms with E-state index in [4.69, 9.17) is 19.4 Å². The van der Waals surface area contributed by atoms with Crippen LogP contribution in [0.1, 0.15) is 0 Å². The van der Waals surface area contributed by atoms with Crippen molar-refractivity contribution in [2.75, 3.05) is 46.7 Å². The first kappa shape index (κ1) is 11.8. The Morgan fingerprint density at radius 2 is 1.58 bits per heavy atom. The molecule has 0 atom stereocenters. The first-order valence-electron chi connectivity index (χ1n) is 3.93. The van der Waals surface area contributed by atoms with Crippen LogP contribution in [-0.2, 0) is 14.2 Å². The van der Waals surface area contributed by atoms with Crippen LogP contribution in [0.4, 0.5) is 0 Å². The van der Waals surface area contributed by atoms with Gasteiger partial charge in [-0.15, -0.1) is 0 Å². The van der Waals surface area contributed by atoms with Gasteiger partial charge in [-0.25, -0.2) is 5.48 Å². The third kappa shape index (κ3) is 9.80. The first-order valence-corrected chi connectivity index (χ1v) is 3.93. The van der Waals surface area contributed by atoms with Crippen LogP contribution in [0.15, 0.2) is 0 Å². The molecule has 0 bridgehead atoms. The predicted octanol–water partition coefficient (Wildman–Crippen LogP) is -0.355. The third-order valence-corrected chi connectivity index (χ3v) is 1.16. The minimum absolute atomic E-state index is 0.443. The van der Waals surface area contributed by atoms with Gasteiger partial charge in [0, 0.05) is 13.7 Å². The average molecular weight is 179 g/mol. The quantitative estimate of drug-likeness (QED) is 0.374. The molecule has 0 fully saturated rings. The normalized spacial score (nSPS) is 10.5. The number of methoxy groups -OCH3 is 1. The topological polar surface area (TPSA) is 60.0 Å². The van der Waals surface area contributed by atoms with E-state index >= 15 is 0 Å². The van der Waals surface area contributed by atoms with Gasteiger partial charge in [-0.2, -0.15) is 0 Å². The Balaban J connectivity index is 2.73. The van der Waals surface area contributed by atoms with Gasteiger partial charge in [0.15, 0.2) is 0 Å². The van der Waals surface area contributed by atoms with Crippen molar-refractivity contribution >= 4 is 0 Å². The molecule has 0 aliphatic heterocycles. The highest BCUT2D eigenvalue weighted by molar-refractivity contribution is 4.34. The lowest BCUT2D eigenvalue weighted by Crippen LogP contribution is -2.17. The zero-order chi connectivity index (χ0) is 9.07. The summed E-state index contributed by atoms with van der Waals surface area (Å²) in [6.07, 6.45) is 0. The predicted molar refractivity (Wildman–Crippen MR) is 43.3 cm³/mol. The van der Waals surface area contributed by atoms with E-state index < -0.39 is 0 Å². The van der Waals surface area contributed by atoms with Crippen molar-refractivity contribution in [1.29, 1.82) is 0 Å². The van der Waals surface area contributed by atoms with Crippen LogP contribution in [0, 0.1) is 0 Å². The maximum atomic E-state index is 8.16. The summed E-state index contributed by atoms with van der Waals surface area (Å²) in [5.74, 6) is 0.